The van der Waals surface area contributed by atoms with Crippen LogP contribution in [0.25, 0.3) is 10.6 Å². The Bertz CT molecular complexity index is 1260. The Labute approximate surface area is 215 Å². The largest absolute Gasteiger partial charge is 0.416 e. The van der Waals surface area contributed by atoms with Gasteiger partial charge in [-0.3, -0.25) is 10.1 Å². The molecule has 7 nitrogen and oxygen atoms in total. The van der Waals surface area contributed by atoms with E-state index in [0.717, 1.165) is 11.3 Å². The lowest BCUT2D eigenvalue weighted by molar-refractivity contribution is -0.143. The van der Waals surface area contributed by atoms with Gasteiger partial charge in [0.15, 0.2) is 0 Å². The molecular weight excluding hydrogens is 543 g/mol. The second-order valence-electron chi connectivity index (χ2n) is 8.16. The molecule has 204 valence electrons. The van der Waals surface area contributed by atoms with Gasteiger partial charge in [-0.25, -0.2) is 9.18 Å². The van der Waals surface area contributed by atoms with Crippen LogP contribution in [0.5, 0.6) is 0 Å². The number of alkyl halides is 6. The molecule has 3 amide bonds. The number of halogens is 7. The van der Waals surface area contributed by atoms with Crippen molar-refractivity contribution in [2.45, 2.75) is 38.7 Å². The van der Waals surface area contributed by atoms with Crippen molar-refractivity contribution in [3.63, 3.8) is 0 Å². The zero-order valence-corrected chi connectivity index (χ0v) is 20.5. The minimum atomic E-state index is -5.10. The maximum Gasteiger partial charge on any atom is 0.416 e. The van der Waals surface area contributed by atoms with Crippen molar-refractivity contribution in [3.8, 4) is 10.6 Å². The van der Waals surface area contributed by atoms with Gasteiger partial charge in [0.2, 0.25) is 11.0 Å². The average Bonchev–Trinajstić information content (AvgIpc) is 3.29. The molecule has 38 heavy (non-hydrogen) atoms. The summed E-state index contributed by atoms with van der Waals surface area (Å²) in [6, 6.07) is 3.59. The predicted molar refractivity (Wildman–Crippen MR) is 126 cm³/mol. The minimum Gasteiger partial charge on any atom is -0.326 e. The first-order chi connectivity index (χ1) is 17.7. The maximum absolute atomic E-state index is 13.1. The van der Waals surface area contributed by atoms with Gasteiger partial charge in [-0.2, -0.15) is 26.3 Å². The van der Waals surface area contributed by atoms with E-state index in [1.165, 1.54) is 24.3 Å². The van der Waals surface area contributed by atoms with Gasteiger partial charge in [-0.15, -0.1) is 10.2 Å². The molecule has 0 bridgehead atoms. The van der Waals surface area contributed by atoms with E-state index in [9.17, 15) is 40.3 Å². The summed E-state index contributed by atoms with van der Waals surface area (Å²) in [5.74, 6) is -1.68. The second-order valence-corrected chi connectivity index (χ2v) is 9.14. The van der Waals surface area contributed by atoms with E-state index < -0.39 is 58.9 Å². The van der Waals surface area contributed by atoms with Crippen molar-refractivity contribution < 1.29 is 40.3 Å². The number of rotatable bonds is 7. The Kier molecular flexibility index (Phi) is 8.59. The number of nitrogens with zero attached hydrogens (tertiary/aromatic N) is 2. The number of carbonyl (C=O) groups is 2. The third kappa shape index (κ3) is 7.40. The zero-order chi connectivity index (χ0) is 28.3. The van der Waals surface area contributed by atoms with E-state index in [1.54, 1.807) is 13.8 Å². The molecule has 0 aliphatic heterocycles. The lowest BCUT2D eigenvalue weighted by atomic mass is 9.98. The fraction of sp³-hybridized carbons (Fsp3) is 0.304. The fourth-order valence-corrected chi connectivity index (χ4v) is 3.96. The molecule has 2 atom stereocenters. The van der Waals surface area contributed by atoms with Gasteiger partial charge in [-0.05, 0) is 48.4 Å². The van der Waals surface area contributed by atoms with Crippen LogP contribution < -0.4 is 16.0 Å². The molecule has 1 heterocycles. The summed E-state index contributed by atoms with van der Waals surface area (Å²) >= 11 is 0.968. The number of anilines is 2. The van der Waals surface area contributed by atoms with Crippen molar-refractivity contribution in [3.05, 3.63) is 59.4 Å². The van der Waals surface area contributed by atoms with E-state index in [4.69, 9.17) is 0 Å². The van der Waals surface area contributed by atoms with E-state index in [-0.39, 0.29) is 11.2 Å². The Morgan fingerprint density at radius 2 is 1.50 bits per heavy atom. The van der Waals surface area contributed by atoms with Gasteiger partial charge >= 0.3 is 18.4 Å². The zero-order valence-electron chi connectivity index (χ0n) is 19.7. The van der Waals surface area contributed by atoms with Crippen LogP contribution in [0.1, 0.15) is 31.4 Å². The van der Waals surface area contributed by atoms with Crippen LogP contribution in [0.3, 0.4) is 0 Å². The summed E-state index contributed by atoms with van der Waals surface area (Å²) in [6.45, 7) is 3.32. The minimum absolute atomic E-state index is 0.0533. The topological polar surface area (TPSA) is 96.0 Å². The first kappa shape index (κ1) is 28.8. The number of carbonyl (C=O) groups excluding carboxylic acids is 2. The molecular formula is C23H20F7N5O2S. The van der Waals surface area contributed by atoms with Crippen LogP contribution in [0.4, 0.5) is 46.3 Å². The smallest absolute Gasteiger partial charge is 0.326 e. The van der Waals surface area contributed by atoms with Crippen molar-refractivity contribution in [1.29, 1.82) is 0 Å². The second kappa shape index (κ2) is 11.3. The lowest BCUT2D eigenvalue weighted by Crippen LogP contribution is -2.49. The summed E-state index contributed by atoms with van der Waals surface area (Å²) in [6.07, 6.45) is -9.80. The molecule has 3 aromatic rings. The van der Waals surface area contributed by atoms with Gasteiger partial charge in [0, 0.05) is 11.3 Å². The van der Waals surface area contributed by atoms with Crippen molar-refractivity contribution in [2.75, 3.05) is 10.6 Å². The molecule has 0 spiro atoms. The quantitative estimate of drug-likeness (QED) is 0.284. The molecule has 0 aliphatic rings. The lowest BCUT2D eigenvalue weighted by Gasteiger charge is -2.23. The molecule has 2 aromatic carbocycles. The Balaban J connectivity index is 1.76. The standard InChI is InChI=1S/C23H20F7N5O2S/c1-3-11(2)17(18(36)33-21-35-34-19(38-21)12-4-6-15(24)7-5-12)32-20(37)31-16-9-13(22(25,26)27)8-14(10-16)23(28,29)30/h4-11,17H,3H2,1-2H3,(H2,31,32,37)(H,33,35,36). The Hall–Kier alpha value is -3.75. The molecule has 0 aliphatic carbocycles. The number of urea groups is 1. The van der Waals surface area contributed by atoms with Crippen LogP contribution in [-0.2, 0) is 17.1 Å². The summed E-state index contributed by atoms with van der Waals surface area (Å²) in [5, 5.41) is 14.9. The fourth-order valence-electron chi connectivity index (χ4n) is 3.20. The summed E-state index contributed by atoms with van der Waals surface area (Å²) in [7, 11) is 0. The van der Waals surface area contributed by atoms with E-state index in [2.05, 4.69) is 20.8 Å². The third-order valence-electron chi connectivity index (χ3n) is 5.37. The van der Waals surface area contributed by atoms with Crippen molar-refractivity contribution in [1.82, 2.24) is 15.5 Å². The number of hydrogen-bond donors (Lipinski definition) is 3. The average molecular weight is 563 g/mol. The van der Waals surface area contributed by atoms with Crippen molar-refractivity contribution >= 4 is 34.1 Å². The van der Waals surface area contributed by atoms with Crippen LogP contribution >= 0.6 is 11.3 Å². The van der Waals surface area contributed by atoms with Gasteiger partial charge in [-0.1, -0.05) is 31.6 Å². The van der Waals surface area contributed by atoms with Gasteiger partial charge in [0.25, 0.3) is 0 Å². The van der Waals surface area contributed by atoms with Crippen LogP contribution in [-0.4, -0.2) is 28.2 Å². The van der Waals surface area contributed by atoms with E-state index in [1.807, 2.05) is 5.32 Å². The van der Waals surface area contributed by atoms with E-state index in [0.29, 0.717) is 29.1 Å². The van der Waals surface area contributed by atoms with E-state index >= 15 is 0 Å². The highest BCUT2D eigenvalue weighted by Crippen LogP contribution is 2.37. The molecule has 3 rings (SSSR count). The number of aromatic nitrogens is 2. The Morgan fingerprint density at radius 3 is 2.03 bits per heavy atom. The first-order valence-electron chi connectivity index (χ1n) is 10.9. The van der Waals surface area contributed by atoms with Gasteiger partial charge in [0.05, 0.1) is 11.1 Å². The molecule has 0 saturated heterocycles. The van der Waals surface area contributed by atoms with Crippen LogP contribution in [0, 0.1) is 11.7 Å². The molecule has 0 radical (unpaired) electrons. The molecule has 0 saturated carbocycles. The number of nitrogens with one attached hydrogen (secondary N) is 3. The maximum atomic E-state index is 13.1. The number of hydrogen-bond acceptors (Lipinski definition) is 5. The SMILES string of the molecule is CCC(C)C(NC(=O)Nc1cc(C(F)(F)F)cc(C(F)(F)F)c1)C(=O)Nc1nnc(-c2ccc(F)cc2)s1. The Morgan fingerprint density at radius 1 is 0.921 bits per heavy atom. The number of benzene rings is 2. The highest BCUT2D eigenvalue weighted by molar-refractivity contribution is 7.18. The summed E-state index contributed by atoms with van der Waals surface area (Å²) in [5.41, 5.74) is -3.43. The molecule has 2 unspecified atom stereocenters. The first-order valence-corrected chi connectivity index (χ1v) is 11.8. The molecule has 0 fully saturated rings. The third-order valence-corrected chi connectivity index (χ3v) is 6.26. The monoisotopic (exact) mass is 563 g/mol. The van der Waals surface area contributed by atoms with Crippen LogP contribution in [0.15, 0.2) is 42.5 Å². The van der Waals surface area contributed by atoms with Gasteiger partial charge in [0.1, 0.15) is 16.9 Å². The van der Waals surface area contributed by atoms with Crippen LogP contribution in [0.2, 0.25) is 0 Å². The number of amides is 3. The molecule has 15 heteroatoms. The highest BCUT2D eigenvalue weighted by atomic mass is 32.1. The highest BCUT2D eigenvalue weighted by Gasteiger charge is 2.37. The summed E-state index contributed by atoms with van der Waals surface area (Å²) < 4.78 is 91.7. The summed E-state index contributed by atoms with van der Waals surface area (Å²) in [4.78, 5) is 25.4. The molecule has 1 aromatic heterocycles. The van der Waals surface area contributed by atoms with Crippen molar-refractivity contribution in [2.24, 2.45) is 5.92 Å². The normalized spacial score (nSPS) is 13.5. The van der Waals surface area contributed by atoms with Gasteiger partial charge < -0.3 is 10.6 Å². The predicted octanol–water partition coefficient (Wildman–Crippen LogP) is 6.56. The molecule has 3 N–H and O–H groups in total.